The molecule has 0 saturated carbocycles. The first kappa shape index (κ1) is 24.8. The highest BCUT2D eigenvalue weighted by Gasteiger charge is 2.11. The minimum atomic E-state index is -0.273. The van der Waals surface area contributed by atoms with Gasteiger partial charge >= 0.3 is 0 Å². The van der Waals surface area contributed by atoms with Crippen LogP contribution in [0.15, 0.2) is 70.4 Å². The van der Waals surface area contributed by atoms with Crippen molar-refractivity contribution in [3.63, 3.8) is 0 Å². The van der Waals surface area contributed by atoms with Crippen LogP contribution >= 0.6 is 34.5 Å². The Bertz CT molecular complexity index is 1750. The van der Waals surface area contributed by atoms with Crippen LogP contribution in [0.5, 0.6) is 11.5 Å². The third-order valence-electron chi connectivity index (χ3n) is 5.27. The second-order valence-corrected chi connectivity index (χ2v) is 9.58. The summed E-state index contributed by atoms with van der Waals surface area (Å²) >= 11 is 13.3. The number of rotatable bonds is 8. The fraction of sp³-hybridized carbons (Fsp3) is 0.0741. The Morgan fingerprint density at radius 3 is 2.70 bits per heavy atom. The lowest BCUT2D eigenvalue weighted by Gasteiger charge is -2.09. The van der Waals surface area contributed by atoms with E-state index in [1.165, 1.54) is 15.9 Å². The zero-order valence-corrected chi connectivity index (χ0v) is 21.8. The summed E-state index contributed by atoms with van der Waals surface area (Å²) in [7, 11) is 1.58. The van der Waals surface area contributed by atoms with E-state index in [9.17, 15) is 4.79 Å². The van der Waals surface area contributed by atoms with Gasteiger partial charge in [-0.05, 0) is 54.1 Å². The molecule has 0 aliphatic rings. The van der Waals surface area contributed by atoms with Crippen molar-refractivity contribution in [2.45, 2.75) is 0 Å². The highest BCUT2D eigenvalue weighted by Crippen LogP contribution is 2.30. The number of methoxy groups -OCH3 is 1. The number of hydrogen-bond acceptors (Lipinski definition) is 7. The number of benzene rings is 2. The largest absolute Gasteiger partial charge is 0.493 e. The van der Waals surface area contributed by atoms with Crippen molar-refractivity contribution in [2.24, 2.45) is 0 Å². The first-order valence-corrected chi connectivity index (χ1v) is 12.6. The summed E-state index contributed by atoms with van der Waals surface area (Å²) in [6.07, 6.45) is 6.91. The van der Waals surface area contributed by atoms with Crippen LogP contribution in [0, 0.1) is 0 Å². The molecule has 0 bridgehead atoms. The fourth-order valence-corrected chi connectivity index (χ4v) is 4.70. The van der Waals surface area contributed by atoms with Gasteiger partial charge in [0.05, 0.1) is 17.2 Å². The van der Waals surface area contributed by atoms with Crippen LogP contribution in [0.3, 0.4) is 0 Å². The second kappa shape index (κ2) is 10.6. The number of furan rings is 1. The third kappa shape index (κ3) is 5.32. The maximum atomic E-state index is 12.9. The van der Waals surface area contributed by atoms with Gasteiger partial charge in [0.25, 0.3) is 5.56 Å². The molecule has 0 N–H and O–H groups in total. The zero-order chi connectivity index (χ0) is 25.9. The van der Waals surface area contributed by atoms with Crippen molar-refractivity contribution >= 4 is 57.7 Å². The molecule has 0 saturated heterocycles. The molecule has 3 aromatic heterocycles. The van der Waals surface area contributed by atoms with Gasteiger partial charge in [0.1, 0.15) is 22.7 Å². The highest BCUT2D eigenvalue weighted by molar-refractivity contribution is 7.15. The third-order valence-corrected chi connectivity index (χ3v) is 6.97. The van der Waals surface area contributed by atoms with Crippen LogP contribution in [0.1, 0.15) is 17.1 Å². The minimum Gasteiger partial charge on any atom is -0.493 e. The topological polar surface area (TPSA) is 78.9 Å². The molecule has 0 radical (unpaired) electrons. The number of fused-ring (bicyclic) bond motifs is 1. The standard InChI is InChI=1S/C27H19Cl2N3O4S/c1-3-12-35-22-9-4-16(13-23(22)34-2)5-11-25-30-27-32(31-25)26(33)24(37-27)15-18-7-10-21(36-18)17-6-8-19(28)20(29)14-17/h3-11,13-15H,1,12H2,2H3/b11-5+,24-15-. The van der Waals surface area contributed by atoms with Crippen LogP contribution in [0.2, 0.25) is 10.0 Å². The van der Waals surface area contributed by atoms with Gasteiger partial charge in [-0.1, -0.05) is 59.3 Å². The molecule has 3 heterocycles. The molecule has 2 aromatic carbocycles. The first-order valence-electron chi connectivity index (χ1n) is 11.0. The van der Waals surface area contributed by atoms with E-state index in [0.717, 1.165) is 11.1 Å². The average Bonchev–Trinajstić information content (AvgIpc) is 3.60. The first-order chi connectivity index (χ1) is 17.9. The van der Waals surface area contributed by atoms with E-state index in [-0.39, 0.29) is 5.56 Å². The molecule has 0 amide bonds. The molecule has 0 atom stereocenters. The van der Waals surface area contributed by atoms with E-state index in [0.29, 0.717) is 55.0 Å². The summed E-state index contributed by atoms with van der Waals surface area (Å²) in [4.78, 5) is 17.8. The van der Waals surface area contributed by atoms with Crippen LogP contribution in [-0.4, -0.2) is 28.3 Å². The van der Waals surface area contributed by atoms with Crippen LogP contribution in [0.4, 0.5) is 0 Å². The zero-order valence-electron chi connectivity index (χ0n) is 19.5. The van der Waals surface area contributed by atoms with E-state index in [1.54, 1.807) is 43.5 Å². The van der Waals surface area contributed by atoms with Crippen molar-refractivity contribution in [1.82, 2.24) is 14.6 Å². The fourth-order valence-electron chi connectivity index (χ4n) is 3.51. The number of nitrogens with zero attached hydrogens (tertiary/aromatic N) is 3. The average molecular weight is 552 g/mol. The smallest absolute Gasteiger partial charge is 0.291 e. The van der Waals surface area contributed by atoms with Gasteiger partial charge in [-0.25, -0.2) is 0 Å². The highest BCUT2D eigenvalue weighted by atomic mass is 35.5. The molecule has 0 unspecified atom stereocenters. The number of halogens is 2. The van der Waals surface area contributed by atoms with Crippen LogP contribution in [-0.2, 0) is 0 Å². The van der Waals surface area contributed by atoms with Gasteiger partial charge in [-0.2, -0.15) is 9.50 Å². The van der Waals surface area contributed by atoms with Crippen molar-refractivity contribution in [3.8, 4) is 22.8 Å². The predicted molar refractivity (Wildman–Crippen MR) is 148 cm³/mol. The van der Waals surface area contributed by atoms with Gasteiger partial charge in [-0.3, -0.25) is 4.79 Å². The van der Waals surface area contributed by atoms with Crippen LogP contribution < -0.4 is 19.6 Å². The Kier molecular flexibility index (Phi) is 7.14. The summed E-state index contributed by atoms with van der Waals surface area (Å²) < 4.78 is 18.6. The minimum absolute atomic E-state index is 0.273. The Hall–Kier alpha value is -3.85. The van der Waals surface area contributed by atoms with Crippen molar-refractivity contribution in [2.75, 3.05) is 13.7 Å². The van der Waals surface area contributed by atoms with Crippen molar-refractivity contribution in [3.05, 3.63) is 103 Å². The maximum Gasteiger partial charge on any atom is 0.291 e. The lowest BCUT2D eigenvalue weighted by atomic mass is 10.2. The van der Waals surface area contributed by atoms with E-state index in [1.807, 2.05) is 36.4 Å². The van der Waals surface area contributed by atoms with E-state index in [2.05, 4.69) is 16.7 Å². The molecule has 0 spiro atoms. The summed E-state index contributed by atoms with van der Waals surface area (Å²) in [5.74, 6) is 2.78. The molecule has 0 aliphatic heterocycles. The van der Waals surface area contributed by atoms with Gasteiger partial charge < -0.3 is 13.9 Å². The second-order valence-electron chi connectivity index (χ2n) is 7.75. The van der Waals surface area contributed by atoms with E-state index >= 15 is 0 Å². The van der Waals surface area contributed by atoms with Crippen molar-refractivity contribution < 1.29 is 13.9 Å². The summed E-state index contributed by atoms with van der Waals surface area (Å²) in [6.45, 7) is 4.03. The number of hydrogen-bond donors (Lipinski definition) is 0. The number of ether oxygens (including phenoxy) is 2. The van der Waals surface area contributed by atoms with E-state index in [4.69, 9.17) is 37.1 Å². The maximum absolute atomic E-state index is 12.9. The summed E-state index contributed by atoms with van der Waals surface area (Å²) in [5, 5.41) is 5.24. The Morgan fingerprint density at radius 1 is 1.08 bits per heavy atom. The molecule has 5 aromatic rings. The predicted octanol–water partition coefficient (Wildman–Crippen LogP) is 6.01. The molecule has 0 aliphatic carbocycles. The summed E-state index contributed by atoms with van der Waals surface area (Å²) in [6, 6.07) is 14.4. The molecular formula is C27H19Cl2N3O4S. The van der Waals surface area contributed by atoms with Gasteiger partial charge in [-0.15, -0.1) is 5.10 Å². The van der Waals surface area contributed by atoms with Crippen LogP contribution in [0.25, 0.3) is 34.5 Å². The molecule has 0 fully saturated rings. The Balaban J connectivity index is 1.37. The van der Waals surface area contributed by atoms with Gasteiger partial charge in [0, 0.05) is 11.6 Å². The number of thiazole rings is 1. The molecule has 10 heteroatoms. The normalized spacial score (nSPS) is 12.0. The quantitative estimate of drug-likeness (QED) is 0.220. The molecular weight excluding hydrogens is 533 g/mol. The van der Waals surface area contributed by atoms with Crippen molar-refractivity contribution in [1.29, 1.82) is 0 Å². The molecule has 37 heavy (non-hydrogen) atoms. The van der Waals surface area contributed by atoms with E-state index < -0.39 is 0 Å². The molecule has 5 rings (SSSR count). The number of aromatic nitrogens is 3. The van der Waals surface area contributed by atoms with Gasteiger partial charge in [0.2, 0.25) is 4.96 Å². The lowest BCUT2D eigenvalue weighted by Crippen LogP contribution is -2.23. The molecule has 7 nitrogen and oxygen atoms in total. The Morgan fingerprint density at radius 2 is 1.95 bits per heavy atom. The monoisotopic (exact) mass is 551 g/mol. The van der Waals surface area contributed by atoms with Gasteiger partial charge in [0.15, 0.2) is 17.3 Å². The lowest BCUT2D eigenvalue weighted by molar-refractivity contribution is 0.326. The summed E-state index contributed by atoms with van der Waals surface area (Å²) in [5.41, 5.74) is 1.38. The molecule has 186 valence electrons. The SMILES string of the molecule is C=CCOc1ccc(/C=C/c2nc3s/c(=C\c4ccc(-c5ccc(Cl)c(Cl)c5)o4)c(=O)n3n2)cc1OC. The Labute approximate surface area is 225 Å².